The molecule has 146 valence electrons. The van der Waals surface area contributed by atoms with Crippen molar-refractivity contribution < 1.29 is 23.8 Å². The third-order valence-corrected chi connectivity index (χ3v) is 6.11. The Kier molecular flexibility index (Phi) is 4.72. The minimum atomic E-state index is -0.292. The summed E-state index contributed by atoms with van der Waals surface area (Å²) in [5.74, 6) is 1.47. The Balaban J connectivity index is 1.48. The molecular weight excluding hydrogens is 348 g/mol. The normalized spacial score (nSPS) is 28.7. The van der Waals surface area contributed by atoms with Gasteiger partial charge >= 0.3 is 0 Å². The van der Waals surface area contributed by atoms with E-state index in [0.29, 0.717) is 18.7 Å². The number of rotatable bonds is 4. The van der Waals surface area contributed by atoms with Crippen LogP contribution in [0, 0.1) is 0 Å². The second-order valence-electron chi connectivity index (χ2n) is 7.66. The molecule has 2 amide bonds. The fourth-order valence-corrected chi connectivity index (χ4v) is 4.74. The number of benzene rings is 1. The van der Waals surface area contributed by atoms with Gasteiger partial charge in [0.2, 0.25) is 18.6 Å². The highest BCUT2D eigenvalue weighted by molar-refractivity contribution is 5.80. The number of amides is 2. The maximum atomic E-state index is 13.1. The van der Waals surface area contributed by atoms with E-state index in [9.17, 15) is 9.59 Å². The van der Waals surface area contributed by atoms with E-state index < -0.39 is 0 Å². The molecule has 3 aliphatic rings. The summed E-state index contributed by atoms with van der Waals surface area (Å²) < 4.78 is 16.6. The molecule has 3 atom stereocenters. The monoisotopic (exact) mass is 374 g/mol. The lowest BCUT2D eigenvalue weighted by atomic mass is 9.78. The Hall–Kier alpha value is -2.28. The fourth-order valence-electron chi connectivity index (χ4n) is 4.74. The van der Waals surface area contributed by atoms with Gasteiger partial charge in [-0.3, -0.25) is 9.59 Å². The van der Waals surface area contributed by atoms with Gasteiger partial charge in [0.1, 0.15) is 0 Å². The topological polar surface area (TPSA) is 77.1 Å². The van der Waals surface area contributed by atoms with E-state index in [1.807, 2.05) is 23.1 Å². The molecule has 0 bridgehead atoms. The number of hydrogen-bond acceptors (Lipinski definition) is 5. The predicted octanol–water partition coefficient (Wildman–Crippen LogP) is 1.63. The molecule has 2 aliphatic heterocycles. The van der Waals surface area contributed by atoms with Crippen LogP contribution in [0.5, 0.6) is 11.5 Å². The number of nitrogens with one attached hydrogen (secondary N) is 1. The minimum absolute atomic E-state index is 0.00499. The molecule has 2 fully saturated rings. The highest BCUT2D eigenvalue weighted by Gasteiger charge is 2.52. The number of carbonyl (C=O) groups is 2. The van der Waals surface area contributed by atoms with Crippen molar-refractivity contribution in [3.63, 3.8) is 0 Å². The van der Waals surface area contributed by atoms with Crippen LogP contribution in [0.1, 0.15) is 38.2 Å². The smallest absolute Gasteiger partial charge is 0.231 e. The van der Waals surface area contributed by atoms with Crippen molar-refractivity contribution in [1.29, 1.82) is 0 Å². The van der Waals surface area contributed by atoms with Crippen LogP contribution in [-0.4, -0.2) is 54.8 Å². The van der Waals surface area contributed by atoms with Gasteiger partial charge < -0.3 is 24.4 Å². The van der Waals surface area contributed by atoms with Crippen LogP contribution < -0.4 is 14.8 Å². The first kappa shape index (κ1) is 18.1. The Bertz CT molecular complexity index is 752. The lowest BCUT2D eigenvalue weighted by Gasteiger charge is -2.43. The Morgan fingerprint density at radius 2 is 2.11 bits per heavy atom. The van der Waals surface area contributed by atoms with Crippen LogP contribution in [0.15, 0.2) is 18.2 Å². The van der Waals surface area contributed by atoms with Gasteiger partial charge in [0.25, 0.3) is 0 Å². The molecule has 1 N–H and O–H groups in total. The molecule has 1 aromatic rings. The summed E-state index contributed by atoms with van der Waals surface area (Å²) in [5.41, 5.74) is 0.618. The second kappa shape index (κ2) is 7.03. The summed E-state index contributed by atoms with van der Waals surface area (Å²) in [6.07, 6.45) is 3.63. The summed E-state index contributed by atoms with van der Waals surface area (Å²) in [5, 5.41) is 3.01. The molecule has 1 aromatic carbocycles. The number of methoxy groups -OCH3 is 1. The van der Waals surface area contributed by atoms with E-state index in [4.69, 9.17) is 14.2 Å². The van der Waals surface area contributed by atoms with Crippen molar-refractivity contribution in [3.8, 4) is 11.5 Å². The number of ether oxygens (including phenoxy) is 3. The highest BCUT2D eigenvalue weighted by Crippen LogP contribution is 2.43. The third kappa shape index (κ3) is 3.36. The average molecular weight is 374 g/mol. The molecule has 0 radical (unpaired) electrons. The van der Waals surface area contributed by atoms with E-state index in [2.05, 4.69) is 5.32 Å². The molecule has 27 heavy (non-hydrogen) atoms. The zero-order chi connectivity index (χ0) is 19.0. The van der Waals surface area contributed by atoms with E-state index in [-0.39, 0.29) is 36.3 Å². The van der Waals surface area contributed by atoms with Crippen molar-refractivity contribution in [2.75, 3.05) is 20.4 Å². The number of likely N-dealkylation sites (tertiary alicyclic amines) is 1. The second-order valence-corrected chi connectivity index (χ2v) is 7.66. The quantitative estimate of drug-likeness (QED) is 0.867. The van der Waals surface area contributed by atoms with Crippen LogP contribution in [0.4, 0.5) is 0 Å². The Morgan fingerprint density at radius 1 is 1.30 bits per heavy atom. The molecule has 0 unspecified atom stereocenters. The van der Waals surface area contributed by atoms with Crippen LogP contribution in [0.2, 0.25) is 0 Å². The third-order valence-electron chi connectivity index (χ3n) is 6.11. The van der Waals surface area contributed by atoms with Gasteiger partial charge in [-0.1, -0.05) is 6.07 Å². The molecule has 4 rings (SSSR count). The van der Waals surface area contributed by atoms with Crippen LogP contribution in [0.3, 0.4) is 0 Å². The van der Waals surface area contributed by atoms with Crippen molar-refractivity contribution in [1.82, 2.24) is 10.2 Å². The van der Waals surface area contributed by atoms with Gasteiger partial charge in [0, 0.05) is 26.6 Å². The van der Waals surface area contributed by atoms with Gasteiger partial charge in [0.05, 0.1) is 18.1 Å². The molecular formula is C20H26N2O5. The van der Waals surface area contributed by atoms with Crippen molar-refractivity contribution in [2.45, 2.75) is 56.7 Å². The minimum Gasteiger partial charge on any atom is -0.454 e. The molecule has 7 nitrogen and oxygen atoms in total. The summed E-state index contributed by atoms with van der Waals surface area (Å²) in [4.78, 5) is 26.5. The fraction of sp³-hybridized carbons (Fsp3) is 0.600. The van der Waals surface area contributed by atoms with Gasteiger partial charge in [-0.2, -0.15) is 0 Å². The lowest BCUT2D eigenvalue weighted by Crippen LogP contribution is -2.55. The molecule has 2 heterocycles. The van der Waals surface area contributed by atoms with E-state index in [1.54, 1.807) is 7.11 Å². The summed E-state index contributed by atoms with van der Waals surface area (Å²) >= 11 is 0. The van der Waals surface area contributed by atoms with Crippen LogP contribution >= 0.6 is 0 Å². The number of fused-ring (bicyclic) bond motifs is 2. The zero-order valence-electron chi connectivity index (χ0n) is 15.8. The maximum Gasteiger partial charge on any atom is 0.231 e. The first-order valence-corrected chi connectivity index (χ1v) is 9.51. The average Bonchev–Trinajstić information content (AvgIpc) is 3.25. The highest BCUT2D eigenvalue weighted by atomic mass is 16.7. The number of nitrogens with zero attached hydrogens (tertiary/aromatic N) is 1. The van der Waals surface area contributed by atoms with Gasteiger partial charge in [0.15, 0.2) is 11.5 Å². The maximum absolute atomic E-state index is 13.1. The summed E-state index contributed by atoms with van der Waals surface area (Å²) in [7, 11) is 1.73. The number of hydrogen-bond donors (Lipinski definition) is 1. The molecule has 1 aliphatic carbocycles. The first-order chi connectivity index (χ1) is 13.0. The van der Waals surface area contributed by atoms with Gasteiger partial charge in [-0.15, -0.1) is 0 Å². The lowest BCUT2D eigenvalue weighted by molar-refractivity contribution is -0.137. The van der Waals surface area contributed by atoms with Gasteiger partial charge in [-0.05, 0) is 43.4 Å². The first-order valence-electron chi connectivity index (χ1n) is 9.51. The zero-order valence-corrected chi connectivity index (χ0v) is 15.8. The molecule has 0 spiro atoms. The van der Waals surface area contributed by atoms with Crippen molar-refractivity contribution in [3.05, 3.63) is 23.8 Å². The standard InChI is InChI=1S/C20H26N2O5/c1-13(23)21-15-5-6-20(25-2)7-8-22(18(20)11-15)19(24)10-14-3-4-16-17(9-14)27-12-26-16/h3-4,9,15,18H,5-8,10-12H2,1-2H3,(H,21,23)/t15-,18+,20-/m1/s1. The van der Waals surface area contributed by atoms with Crippen LogP contribution in [-0.2, 0) is 20.7 Å². The SMILES string of the molecule is CO[C@@]12CC[C@@H](NC(C)=O)C[C@@H]1N(C(=O)Cc1ccc3c(c1)OCO3)CC2. The van der Waals surface area contributed by atoms with E-state index in [1.165, 1.54) is 6.92 Å². The summed E-state index contributed by atoms with van der Waals surface area (Å²) in [6.45, 7) is 2.45. The van der Waals surface area contributed by atoms with E-state index >= 15 is 0 Å². The Labute approximate surface area is 158 Å². The summed E-state index contributed by atoms with van der Waals surface area (Å²) in [6, 6.07) is 5.72. The Morgan fingerprint density at radius 3 is 2.89 bits per heavy atom. The molecule has 1 saturated heterocycles. The number of carbonyl (C=O) groups excluding carboxylic acids is 2. The molecule has 1 saturated carbocycles. The predicted molar refractivity (Wildman–Crippen MR) is 97.6 cm³/mol. The van der Waals surface area contributed by atoms with Gasteiger partial charge in [-0.25, -0.2) is 0 Å². The molecule has 7 heteroatoms. The largest absolute Gasteiger partial charge is 0.454 e. The van der Waals surface area contributed by atoms with Crippen molar-refractivity contribution >= 4 is 11.8 Å². The van der Waals surface area contributed by atoms with Crippen LogP contribution in [0.25, 0.3) is 0 Å². The van der Waals surface area contributed by atoms with Crippen molar-refractivity contribution in [2.24, 2.45) is 0 Å². The van der Waals surface area contributed by atoms with E-state index in [0.717, 1.165) is 37.0 Å². The molecule has 0 aromatic heterocycles.